The Hall–Kier alpha value is -4.89. The fourth-order valence-corrected chi connectivity index (χ4v) is 4.30. The maximum absolute atomic E-state index is 13.4. The average molecular weight is 736 g/mol. The number of hydrogen-bond donors (Lipinski definition) is 2. The topological polar surface area (TPSA) is 145 Å². The second-order valence-corrected chi connectivity index (χ2v) is 10.0. The van der Waals surface area contributed by atoms with Crippen molar-refractivity contribution < 1.29 is 73.1 Å². The third-order valence-corrected chi connectivity index (χ3v) is 6.40. The van der Waals surface area contributed by atoms with Crippen molar-refractivity contribution in [1.82, 2.24) is 0 Å². The number of phenolic OH excluding ortho intramolecular Hbond substituents is 2. The molecule has 49 heavy (non-hydrogen) atoms. The zero-order chi connectivity index (χ0) is 36.4. The van der Waals surface area contributed by atoms with Crippen LogP contribution in [0.1, 0.15) is 61.1 Å². The summed E-state index contributed by atoms with van der Waals surface area (Å²) in [7, 11) is 0. The van der Waals surface area contributed by atoms with Gasteiger partial charge in [0.05, 0.1) is 22.5 Å². The summed E-state index contributed by atoms with van der Waals surface area (Å²) >= 11 is 0. The smallest absolute Gasteiger partial charge is 0.550 e. The molecule has 1 radical (unpaired) electrons. The van der Waals surface area contributed by atoms with E-state index in [1.165, 1.54) is 0 Å². The number of rotatable bonds is 6. The number of fused-ring (bicyclic) bond motifs is 1. The molecule has 0 spiro atoms. The van der Waals surface area contributed by atoms with Crippen molar-refractivity contribution in [2.75, 3.05) is 0 Å². The van der Waals surface area contributed by atoms with Gasteiger partial charge < -0.3 is 30.0 Å². The number of phenols is 2. The fourth-order valence-electron chi connectivity index (χ4n) is 4.30. The number of halogens is 6. The SMILES string of the molecule is CC(=O)[O-].CC(=O)[O-].CCc1cc(C(F)(F)F)cc(C=Nc2cccc3cccc(N=Cc4cc(C(F)(F)F)cc(CC)c4O)c23)c1O.[Co+2]. The van der Waals surface area contributed by atoms with Crippen LogP contribution in [0.5, 0.6) is 11.5 Å². The minimum absolute atomic E-state index is 0. The summed E-state index contributed by atoms with van der Waals surface area (Å²) in [5.41, 5.74) is -1.22. The van der Waals surface area contributed by atoms with E-state index in [0.29, 0.717) is 22.1 Å². The van der Waals surface area contributed by atoms with Gasteiger partial charge in [0.2, 0.25) is 0 Å². The number of carbonyl (C=O) groups excluding carboxylic acids is 2. The number of aliphatic carboxylic acids is 2. The third-order valence-electron chi connectivity index (χ3n) is 6.40. The minimum Gasteiger partial charge on any atom is -0.550 e. The van der Waals surface area contributed by atoms with Gasteiger partial charge in [0.1, 0.15) is 11.5 Å². The molecule has 8 nitrogen and oxygen atoms in total. The number of carboxylic acid groups (broad SMARTS) is 2. The molecule has 263 valence electrons. The molecule has 0 amide bonds. The normalized spacial score (nSPS) is 11.4. The summed E-state index contributed by atoms with van der Waals surface area (Å²) in [5, 5.41) is 39.9. The molecule has 4 rings (SSSR count). The van der Waals surface area contributed by atoms with Gasteiger partial charge in [0.25, 0.3) is 0 Å². The van der Waals surface area contributed by atoms with E-state index < -0.39 is 35.4 Å². The van der Waals surface area contributed by atoms with Gasteiger partial charge >= 0.3 is 29.1 Å². The first-order chi connectivity index (χ1) is 22.3. The molecule has 4 aromatic carbocycles. The average Bonchev–Trinajstić information content (AvgIpc) is 2.98. The van der Waals surface area contributed by atoms with E-state index in [2.05, 4.69) is 9.98 Å². The number of aliphatic imine (C=N–C) groups is 2. The summed E-state index contributed by atoms with van der Waals surface area (Å²) in [5.74, 6) is -2.80. The molecule has 2 N–H and O–H groups in total. The first kappa shape index (κ1) is 42.1. The van der Waals surface area contributed by atoms with Gasteiger partial charge in [0, 0.05) is 40.9 Å². The Bertz CT molecular complexity index is 1700. The van der Waals surface area contributed by atoms with Crippen LogP contribution in [-0.2, 0) is 51.6 Å². The first-order valence-electron chi connectivity index (χ1n) is 14.1. The molecular formula is C34H30CoF6N2O6. The van der Waals surface area contributed by atoms with Gasteiger partial charge in [-0.3, -0.25) is 9.98 Å². The molecule has 0 heterocycles. The Morgan fingerprint density at radius 2 is 1.02 bits per heavy atom. The standard InChI is InChI=1S/C30H24F6N2O2.2C2H4O2.Co/c1-3-17-11-22(29(31,32)33)13-20(27(17)39)15-37-24-9-5-7-19-8-6-10-25(26(19)24)38-16-21-14-23(30(34,35)36)12-18(4-2)28(21)40;2*1-2(3)4;/h5-16,39-40H,3-4H2,1-2H3;2*1H3,(H,3,4);/q;;;+2/p-2. The van der Waals surface area contributed by atoms with Crippen molar-refractivity contribution in [3.63, 3.8) is 0 Å². The molecule has 0 aromatic heterocycles. The van der Waals surface area contributed by atoms with Gasteiger partial charge in [-0.2, -0.15) is 26.3 Å². The van der Waals surface area contributed by atoms with Crippen molar-refractivity contribution in [1.29, 1.82) is 0 Å². The summed E-state index contributed by atoms with van der Waals surface area (Å²) in [6, 6.07) is 13.5. The molecule has 0 aliphatic carbocycles. The van der Waals surface area contributed by atoms with Gasteiger partial charge in [-0.05, 0) is 79.6 Å². The van der Waals surface area contributed by atoms with Crippen molar-refractivity contribution in [2.45, 2.75) is 52.9 Å². The molecule has 0 aliphatic rings. The van der Waals surface area contributed by atoms with E-state index >= 15 is 0 Å². The molecule has 4 aromatic rings. The van der Waals surface area contributed by atoms with Crippen LogP contribution in [0.4, 0.5) is 37.7 Å². The number of benzene rings is 4. The number of hydrogen-bond acceptors (Lipinski definition) is 8. The molecule has 0 atom stereocenters. The largest absolute Gasteiger partial charge is 2.00 e. The minimum atomic E-state index is -4.62. The Morgan fingerprint density at radius 1 is 0.694 bits per heavy atom. The summed E-state index contributed by atoms with van der Waals surface area (Å²) in [6.45, 7) is 5.19. The second-order valence-electron chi connectivity index (χ2n) is 10.0. The van der Waals surface area contributed by atoms with Gasteiger partial charge in [-0.25, -0.2) is 0 Å². The number of nitrogens with zero attached hydrogens (tertiary/aromatic N) is 2. The van der Waals surface area contributed by atoms with E-state index in [1.807, 2.05) is 0 Å². The van der Waals surface area contributed by atoms with Crippen molar-refractivity contribution in [2.24, 2.45) is 9.98 Å². The van der Waals surface area contributed by atoms with Crippen LogP contribution < -0.4 is 10.2 Å². The van der Waals surface area contributed by atoms with Crippen molar-refractivity contribution >= 4 is 46.5 Å². The van der Waals surface area contributed by atoms with E-state index in [4.69, 9.17) is 19.8 Å². The number of aromatic hydroxyl groups is 2. The maximum atomic E-state index is 13.4. The number of carbonyl (C=O) groups is 2. The molecule has 0 unspecified atom stereocenters. The predicted molar refractivity (Wildman–Crippen MR) is 165 cm³/mol. The summed E-state index contributed by atoms with van der Waals surface area (Å²) < 4.78 is 80.5. The quantitative estimate of drug-likeness (QED) is 0.173. The zero-order valence-corrected chi connectivity index (χ0v) is 27.4. The number of alkyl halides is 6. The van der Waals surface area contributed by atoms with Crippen molar-refractivity contribution in [3.05, 3.63) is 94.0 Å². The van der Waals surface area contributed by atoms with Gasteiger partial charge in [-0.1, -0.05) is 38.1 Å². The number of aryl methyl sites for hydroxylation is 2. The Kier molecular flexibility index (Phi) is 15.5. The Balaban J connectivity index is 0.00000120. The maximum Gasteiger partial charge on any atom is 2.00 e. The molecule has 0 fully saturated rings. The van der Waals surface area contributed by atoms with Crippen LogP contribution in [0, 0.1) is 0 Å². The summed E-state index contributed by atoms with van der Waals surface area (Å²) in [4.78, 5) is 26.5. The van der Waals surface area contributed by atoms with E-state index in [9.17, 15) is 36.6 Å². The van der Waals surface area contributed by atoms with Crippen molar-refractivity contribution in [3.8, 4) is 11.5 Å². The molecule has 15 heteroatoms. The molecule has 0 saturated heterocycles. The van der Waals surface area contributed by atoms with E-state index in [-0.39, 0.29) is 63.4 Å². The molecular weight excluding hydrogens is 705 g/mol. The predicted octanol–water partition coefficient (Wildman–Crippen LogP) is 6.42. The molecule has 0 saturated carbocycles. The van der Waals surface area contributed by atoms with Crippen LogP contribution in [0.3, 0.4) is 0 Å². The van der Waals surface area contributed by atoms with Crippen LogP contribution in [0.15, 0.2) is 70.6 Å². The van der Waals surface area contributed by atoms with Crippen LogP contribution in [0.25, 0.3) is 10.8 Å². The zero-order valence-electron chi connectivity index (χ0n) is 26.4. The van der Waals surface area contributed by atoms with E-state index in [1.54, 1.807) is 50.2 Å². The first-order valence-corrected chi connectivity index (χ1v) is 14.1. The Morgan fingerprint density at radius 3 is 1.31 bits per heavy atom. The molecule has 0 bridgehead atoms. The van der Waals surface area contributed by atoms with Crippen LogP contribution in [-0.4, -0.2) is 34.6 Å². The monoisotopic (exact) mass is 735 g/mol. The van der Waals surface area contributed by atoms with Crippen LogP contribution in [0.2, 0.25) is 0 Å². The summed E-state index contributed by atoms with van der Waals surface area (Å²) in [6.07, 6.45) is -6.63. The second kappa shape index (κ2) is 18.0. The third kappa shape index (κ3) is 12.3. The van der Waals surface area contributed by atoms with E-state index in [0.717, 1.165) is 50.5 Å². The fraction of sp³-hybridized carbons (Fsp3) is 0.235. The van der Waals surface area contributed by atoms with Gasteiger partial charge in [0.15, 0.2) is 0 Å². The number of carboxylic acids is 2. The molecule has 0 aliphatic heterocycles. The van der Waals surface area contributed by atoms with Crippen LogP contribution >= 0.6 is 0 Å². The Labute approximate surface area is 287 Å². The van der Waals surface area contributed by atoms with Gasteiger partial charge in [-0.15, -0.1) is 0 Å².